The van der Waals surface area contributed by atoms with Gasteiger partial charge in [0.2, 0.25) is 5.91 Å². The highest BCUT2D eigenvalue weighted by Crippen LogP contribution is 2.25. The summed E-state index contributed by atoms with van der Waals surface area (Å²) < 4.78 is 5.25. The van der Waals surface area contributed by atoms with Crippen LogP contribution in [0.5, 0.6) is 5.75 Å². The molecule has 7 heteroatoms. The van der Waals surface area contributed by atoms with Crippen LogP contribution in [-0.2, 0) is 9.59 Å². The quantitative estimate of drug-likeness (QED) is 0.809. The topological polar surface area (TPSA) is 83.0 Å². The highest BCUT2D eigenvalue weighted by Gasteiger charge is 2.24. The van der Waals surface area contributed by atoms with Crippen molar-refractivity contribution >= 4 is 17.5 Å². The molecule has 1 atom stereocenters. The molecule has 1 aromatic carbocycles. The molecule has 2 amide bonds. The van der Waals surface area contributed by atoms with Gasteiger partial charge in [-0.2, -0.15) is 5.10 Å². The van der Waals surface area contributed by atoms with Gasteiger partial charge < -0.3 is 10.1 Å². The van der Waals surface area contributed by atoms with E-state index in [0.29, 0.717) is 25.1 Å². The van der Waals surface area contributed by atoms with Gasteiger partial charge >= 0.3 is 0 Å². The molecule has 2 heterocycles. The van der Waals surface area contributed by atoms with Crippen molar-refractivity contribution in [1.29, 1.82) is 0 Å². The summed E-state index contributed by atoms with van der Waals surface area (Å²) in [7, 11) is 1.65. The summed E-state index contributed by atoms with van der Waals surface area (Å²) in [6.45, 7) is 2.57. The van der Waals surface area contributed by atoms with E-state index in [1.54, 1.807) is 7.11 Å². The van der Waals surface area contributed by atoms with Gasteiger partial charge in [0, 0.05) is 19.4 Å². The van der Waals surface area contributed by atoms with Crippen molar-refractivity contribution in [3.8, 4) is 5.75 Å². The molecule has 7 nitrogen and oxygen atoms in total. The normalized spacial score (nSPS) is 19.3. The number of ether oxygens (including phenoxy) is 1. The van der Waals surface area contributed by atoms with Crippen molar-refractivity contribution in [2.45, 2.75) is 38.1 Å². The maximum Gasteiger partial charge on any atom is 0.267 e. The molecule has 2 aliphatic rings. The van der Waals surface area contributed by atoms with E-state index in [-0.39, 0.29) is 17.9 Å². The smallest absolute Gasteiger partial charge is 0.267 e. The zero-order valence-electron chi connectivity index (χ0n) is 15.2. The highest BCUT2D eigenvalue weighted by atomic mass is 16.5. The van der Waals surface area contributed by atoms with Gasteiger partial charge in [0.25, 0.3) is 5.91 Å². The number of nitrogens with zero attached hydrogens (tertiary/aromatic N) is 2. The lowest BCUT2D eigenvalue weighted by molar-refractivity contribution is -0.121. The number of hydrogen-bond donors (Lipinski definition) is 2. The molecule has 140 valence electrons. The molecule has 1 saturated heterocycles. The molecule has 0 unspecified atom stereocenters. The Morgan fingerprint density at radius 1 is 1.23 bits per heavy atom. The van der Waals surface area contributed by atoms with Crippen LogP contribution in [-0.4, -0.2) is 49.2 Å². The van der Waals surface area contributed by atoms with Crippen LogP contribution in [0.3, 0.4) is 0 Å². The number of carbonyl (C=O) groups is 2. The van der Waals surface area contributed by atoms with E-state index in [4.69, 9.17) is 4.74 Å². The van der Waals surface area contributed by atoms with Crippen LogP contribution in [0.15, 0.2) is 29.4 Å². The Morgan fingerprint density at radius 2 is 1.96 bits per heavy atom. The molecule has 0 spiro atoms. The van der Waals surface area contributed by atoms with Crippen molar-refractivity contribution in [1.82, 2.24) is 15.6 Å². The van der Waals surface area contributed by atoms with E-state index in [0.717, 1.165) is 24.4 Å². The van der Waals surface area contributed by atoms with Gasteiger partial charge in [-0.25, -0.2) is 5.43 Å². The first-order valence-corrected chi connectivity index (χ1v) is 9.19. The maximum atomic E-state index is 12.4. The van der Waals surface area contributed by atoms with Crippen LogP contribution in [0.25, 0.3) is 0 Å². The molecular formula is C19H26N4O3. The van der Waals surface area contributed by atoms with Gasteiger partial charge in [0.1, 0.15) is 11.5 Å². The summed E-state index contributed by atoms with van der Waals surface area (Å²) in [5, 5.41) is 6.87. The van der Waals surface area contributed by atoms with Gasteiger partial charge in [-0.15, -0.1) is 0 Å². The number of hydrogen-bond acceptors (Lipinski definition) is 5. The largest absolute Gasteiger partial charge is 0.497 e. The van der Waals surface area contributed by atoms with Gasteiger partial charge in [0.05, 0.1) is 13.2 Å². The van der Waals surface area contributed by atoms with E-state index in [9.17, 15) is 9.59 Å². The standard InChI is InChI=1S/C19H26N4O3/c1-26-15-7-5-14(6-8-15)17(23-11-3-2-4-12-23)13-20-19(25)16-9-10-18(24)22-21-16/h5-8,17H,2-4,9-13H2,1H3,(H,20,25)(H,22,24)/t17-/m0/s1. The Kier molecular flexibility index (Phi) is 6.22. The summed E-state index contributed by atoms with van der Waals surface area (Å²) in [4.78, 5) is 26.0. The summed E-state index contributed by atoms with van der Waals surface area (Å²) in [6.07, 6.45) is 4.31. The Bertz CT molecular complexity index is 666. The number of likely N-dealkylation sites (tertiary alicyclic amines) is 1. The van der Waals surface area contributed by atoms with Gasteiger partial charge in [-0.05, 0) is 43.6 Å². The van der Waals surface area contributed by atoms with Crippen molar-refractivity contribution in [2.75, 3.05) is 26.7 Å². The summed E-state index contributed by atoms with van der Waals surface area (Å²) in [6, 6.07) is 8.14. The maximum absolute atomic E-state index is 12.4. The van der Waals surface area contributed by atoms with Crippen LogP contribution in [0.4, 0.5) is 0 Å². The molecule has 2 N–H and O–H groups in total. The number of amides is 2. The third-order valence-corrected chi connectivity index (χ3v) is 4.95. The highest BCUT2D eigenvalue weighted by molar-refractivity contribution is 6.39. The van der Waals surface area contributed by atoms with Gasteiger partial charge in [-0.3, -0.25) is 14.5 Å². The molecular weight excluding hydrogens is 332 g/mol. The number of benzene rings is 1. The molecule has 0 aliphatic carbocycles. The predicted molar refractivity (Wildman–Crippen MR) is 99.0 cm³/mol. The molecule has 0 radical (unpaired) electrons. The van der Waals surface area contributed by atoms with Gasteiger partial charge in [-0.1, -0.05) is 18.6 Å². The zero-order valence-corrected chi connectivity index (χ0v) is 15.2. The van der Waals surface area contributed by atoms with E-state index in [1.165, 1.54) is 19.3 Å². The number of methoxy groups -OCH3 is 1. The van der Waals surface area contributed by atoms with E-state index < -0.39 is 0 Å². The molecule has 0 aromatic heterocycles. The first kappa shape index (κ1) is 18.4. The molecule has 1 fully saturated rings. The van der Waals surface area contributed by atoms with Crippen LogP contribution in [0.1, 0.15) is 43.7 Å². The Morgan fingerprint density at radius 3 is 2.58 bits per heavy atom. The minimum absolute atomic E-state index is 0.115. The van der Waals surface area contributed by atoms with Gasteiger partial charge in [0.15, 0.2) is 0 Å². The fourth-order valence-corrected chi connectivity index (χ4v) is 3.44. The van der Waals surface area contributed by atoms with Crippen LogP contribution >= 0.6 is 0 Å². The number of nitrogens with one attached hydrogen (secondary N) is 2. The lowest BCUT2D eigenvalue weighted by atomic mass is 10.0. The minimum Gasteiger partial charge on any atom is -0.497 e. The van der Waals surface area contributed by atoms with Crippen molar-refractivity contribution in [3.63, 3.8) is 0 Å². The van der Waals surface area contributed by atoms with E-state index in [1.807, 2.05) is 12.1 Å². The zero-order chi connectivity index (χ0) is 18.4. The van der Waals surface area contributed by atoms with Crippen molar-refractivity contribution < 1.29 is 14.3 Å². The van der Waals surface area contributed by atoms with E-state index in [2.05, 4.69) is 32.9 Å². The Labute approximate surface area is 153 Å². The summed E-state index contributed by atoms with van der Waals surface area (Å²) in [5.41, 5.74) is 3.92. The third-order valence-electron chi connectivity index (χ3n) is 4.95. The fraction of sp³-hybridized carbons (Fsp3) is 0.526. The molecule has 0 saturated carbocycles. The van der Waals surface area contributed by atoms with Crippen LogP contribution in [0, 0.1) is 0 Å². The number of rotatable bonds is 6. The first-order chi connectivity index (χ1) is 12.7. The molecule has 26 heavy (non-hydrogen) atoms. The predicted octanol–water partition coefficient (Wildman–Crippen LogP) is 1.60. The molecule has 2 aliphatic heterocycles. The summed E-state index contributed by atoms with van der Waals surface area (Å²) in [5.74, 6) is 0.467. The lowest BCUT2D eigenvalue weighted by Crippen LogP contribution is -2.43. The van der Waals surface area contributed by atoms with Crippen LogP contribution < -0.4 is 15.5 Å². The Balaban J connectivity index is 1.68. The second-order valence-electron chi connectivity index (χ2n) is 6.69. The second kappa shape index (κ2) is 8.80. The second-order valence-corrected chi connectivity index (χ2v) is 6.69. The molecule has 3 rings (SSSR count). The number of hydrazone groups is 1. The fourth-order valence-electron chi connectivity index (χ4n) is 3.44. The van der Waals surface area contributed by atoms with Crippen LogP contribution in [0.2, 0.25) is 0 Å². The third kappa shape index (κ3) is 4.60. The monoisotopic (exact) mass is 358 g/mol. The SMILES string of the molecule is COc1ccc([C@H](CNC(=O)C2=NNC(=O)CC2)N2CCCCC2)cc1. The lowest BCUT2D eigenvalue weighted by Gasteiger charge is -2.35. The Hall–Kier alpha value is -2.41. The average molecular weight is 358 g/mol. The minimum atomic E-state index is -0.208. The number of piperidine rings is 1. The van der Waals surface area contributed by atoms with Crippen molar-refractivity contribution in [2.24, 2.45) is 5.10 Å². The van der Waals surface area contributed by atoms with E-state index >= 15 is 0 Å². The first-order valence-electron chi connectivity index (χ1n) is 9.19. The average Bonchev–Trinajstić information content (AvgIpc) is 2.70. The molecule has 1 aromatic rings. The summed E-state index contributed by atoms with van der Waals surface area (Å²) >= 11 is 0. The van der Waals surface area contributed by atoms with Crippen molar-refractivity contribution in [3.05, 3.63) is 29.8 Å². The number of carbonyl (C=O) groups excluding carboxylic acids is 2. The molecule has 0 bridgehead atoms.